The number of carbonyl (C=O) groups excluding carboxylic acids is 1. The largest absolute Gasteiger partial charge is 0.416 e. The Kier molecular flexibility index (Phi) is 5.65. The number of halogens is 6. The first-order chi connectivity index (χ1) is 13.5. The van der Waals surface area contributed by atoms with Crippen molar-refractivity contribution in [3.63, 3.8) is 0 Å². The molecule has 29 heavy (non-hydrogen) atoms. The summed E-state index contributed by atoms with van der Waals surface area (Å²) < 4.78 is 77.4. The molecule has 0 aromatic heterocycles. The van der Waals surface area contributed by atoms with Crippen LogP contribution in [0.15, 0.2) is 48.5 Å². The second-order valence-electron chi connectivity index (χ2n) is 7.21. The van der Waals surface area contributed by atoms with E-state index in [0.29, 0.717) is 17.5 Å². The van der Waals surface area contributed by atoms with E-state index in [9.17, 15) is 31.1 Å². The maximum absolute atomic E-state index is 12.9. The number of amides is 1. The summed E-state index contributed by atoms with van der Waals surface area (Å²) in [5, 5.41) is 0. The van der Waals surface area contributed by atoms with E-state index in [-0.39, 0.29) is 6.54 Å². The van der Waals surface area contributed by atoms with Crippen molar-refractivity contribution in [3.8, 4) is 0 Å². The van der Waals surface area contributed by atoms with Gasteiger partial charge in [0.25, 0.3) is 0 Å². The van der Waals surface area contributed by atoms with Crippen molar-refractivity contribution < 1.29 is 31.1 Å². The zero-order valence-corrected chi connectivity index (χ0v) is 15.5. The molecule has 0 aliphatic carbocycles. The predicted octanol–water partition coefficient (Wildman–Crippen LogP) is 5.77. The lowest BCUT2D eigenvalue weighted by Crippen LogP contribution is -2.42. The highest BCUT2D eigenvalue weighted by Gasteiger charge is 2.40. The summed E-state index contributed by atoms with van der Waals surface area (Å²) in [6.45, 7) is 1.15. The van der Waals surface area contributed by atoms with Gasteiger partial charge in [-0.05, 0) is 35.2 Å². The molecular weight excluding hydrogens is 396 g/mol. The molecule has 2 aromatic rings. The summed E-state index contributed by atoms with van der Waals surface area (Å²) in [5.74, 6) is -2.48. The lowest BCUT2D eigenvalue weighted by Gasteiger charge is -2.38. The van der Waals surface area contributed by atoms with Crippen LogP contribution >= 0.6 is 0 Å². The maximum atomic E-state index is 12.9. The molecule has 0 spiro atoms. The standard InChI is InChI=1S/C21H19F6NO/c1-13(20(22,23)24)12-18(29)28-11-10-14-4-2-3-5-17(14)19(28)15-6-8-16(9-7-15)21(25,26)27/h2-9,13,19H,10-12H2,1H3/t13-,19+/m1/s1. The van der Waals surface area contributed by atoms with Crippen molar-refractivity contribution in [3.05, 3.63) is 70.8 Å². The van der Waals surface area contributed by atoms with Crippen LogP contribution in [-0.4, -0.2) is 23.5 Å². The molecule has 0 unspecified atom stereocenters. The maximum Gasteiger partial charge on any atom is 0.416 e. The highest BCUT2D eigenvalue weighted by molar-refractivity contribution is 5.78. The summed E-state index contributed by atoms with van der Waals surface area (Å²) in [6, 6.07) is 10.8. The molecule has 8 heteroatoms. The number of hydrogen-bond acceptors (Lipinski definition) is 1. The molecule has 156 valence electrons. The Labute approximate surface area is 164 Å². The second kappa shape index (κ2) is 7.72. The van der Waals surface area contributed by atoms with Crippen molar-refractivity contribution in [1.82, 2.24) is 4.90 Å². The summed E-state index contributed by atoms with van der Waals surface area (Å²) in [6.07, 6.45) is -9.23. The minimum atomic E-state index is -4.50. The lowest BCUT2D eigenvalue weighted by molar-refractivity contribution is -0.177. The van der Waals surface area contributed by atoms with Gasteiger partial charge in [-0.3, -0.25) is 4.79 Å². The summed E-state index contributed by atoms with van der Waals surface area (Å²) in [7, 11) is 0. The molecule has 0 saturated carbocycles. The van der Waals surface area contributed by atoms with E-state index in [0.717, 1.165) is 24.6 Å². The fraction of sp³-hybridized carbons (Fsp3) is 0.381. The van der Waals surface area contributed by atoms with Gasteiger partial charge in [0.2, 0.25) is 5.91 Å². The SMILES string of the molecule is C[C@H](CC(=O)N1CCc2ccccc2[C@@H]1c1ccc(C(F)(F)F)cc1)C(F)(F)F. The van der Waals surface area contributed by atoms with E-state index in [4.69, 9.17) is 0 Å². The van der Waals surface area contributed by atoms with Crippen LogP contribution in [0.5, 0.6) is 0 Å². The van der Waals surface area contributed by atoms with Crippen LogP contribution in [0.3, 0.4) is 0 Å². The van der Waals surface area contributed by atoms with Crippen molar-refractivity contribution >= 4 is 5.91 Å². The minimum absolute atomic E-state index is 0.201. The van der Waals surface area contributed by atoms with Crippen LogP contribution in [0.25, 0.3) is 0 Å². The number of rotatable bonds is 3. The molecule has 0 saturated heterocycles. The third-order valence-corrected chi connectivity index (χ3v) is 5.20. The van der Waals surface area contributed by atoms with Crippen molar-refractivity contribution in [2.75, 3.05) is 6.54 Å². The first-order valence-electron chi connectivity index (χ1n) is 9.09. The second-order valence-corrected chi connectivity index (χ2v) is 7.21. The average molecular weight is 415 g/mol. The van der Waals surface area contributed by atoms with Gasteiger partial charge in [-0.2, -0.15) is 26.3 Å². The minimum Gasteiger partial charge on any atom is -0.331 e. The number of fused-ring (bicyclic) bond motifs is 1. The van der Waals surface area contributed by atoms with E-state index in [1.165, 1.54) is 17.0 Å². The van der Waals surface area contributed by atoms with Gasteiger partial charge >= 0.3 is 12.4 Å². The monoisotopic (exact) mass is 415 g/mol. The fourth-order valence-corrected chi connectivity index (χ4v) is 3.54. The highest BCUT2D eigenvalue weighted by Crippen LogP contribution is 2.38. The Balaban J connectivity index is 1.97. The summed E-state index contributed by atoms with van der Waals surface area (Å²) >= 11 is 0. The van der Waals surface area contributed by atoms with Gasteiger partial charge in [0, 0.05) is 13.0 Å². The highest BCUT2D eigenvalue weighted by atomic mass is 19.4. The van der Waals surface area contributed by atoms with Gasteiger partial charge in [0.15, 0.2) is 0 Å². The number of carbonyl (C=O) groups is 1. The van der Waals surface area contributed by atoms with Crippen LogP contribution in [0.2, 0.25) is 0 Å². The van der Waals surface area contributed by atoms with Gasteiger partial charge in [-0.25, -0.2) is 0 Å². The van der Waals surface area contributed by atoms with Crippen molar-refractivity contribution in [2.45, 2.75) is 38.2 Å². The number of nitrogens with zero attached hydrogens (tertiary/aromatic N) is 1. The Morgan fingerprint density at radius 1 is 1.03 bits per heavy atom. The first-order valence-corrected chi connectivity index (χ1v) is 9.09. The van der Waals surface area contributed by atoms with E-state index >= 15 is 0 Å². The van der Waals surface area contributed by atoms with Crippen LogP contribution in [0.1, 0.15) is 41.6 Å². The molecule has 3 rings (SSSR count). The van der Waals surface area contributed by atoms with Gasteiger partial charge in [0.1, 0.15) is 0 Å². The van der Waals surface area contributed by atoms with Crippen LogP contribution < -0.4 is 0 Å². The van der Waals surface area contributed by atoms with Gasteiger partial charge < -0.3 is 4.90 Å². The molecule has 0 N–H and O–H groups in total. The molecule has 2 atom stereocenters. The first kappa shape index (κ1) is 21.2. The Hall–Kier alpha value is -2.51. The fourth-order valence-electron chi connectivity index (χ4n) is 3.54. The van der Waals surface area contributed by atoms with Crippen LogP contribution in [0.4, 0.5) is 26.3 Å². The molecule has 0 bridgehead atoms. The van der Waals surface area contributed by atoms with Crippen LogP contribution in [0, 0.1) is 5.92 Å². The van der Waals surface area contributed by atoms with Gasteiger partial charge in [0.05, 0.1) is 17.5 Å². The Morgan fingerprint density at radius 3 is 2.24 bits per heavy atom. The van der Waals surface area contributed by atoms with E-state index < -0.39 is 42.2 Å². The number of benzene rings is 2. The zero-order chi connectivity index (χ0) is 21.4. The van der Waals surface area contributed by atoms with Crippen LogP contribution in [-0.2, 0) is 17.4 Å². The third-order valence-electron chi connectivity index (χ3n) is 5.20. The number of alkyl halides is 6. The normalized spacial score (nSPS) is 18.3. The molecule has 0 fully saturated rings. The van der Waals surface area contributed by atoms with E-state index in [2.05, 4.69) is 0 Å². The molecule has 1 aliphatic heterocycles. The summed E-state index contributed by atoms with van der Waals surface area (Å²) in [5.41, 5.74) is 1.24. The topological polar surface area (TPSA) is 20.3 Å². The third kappa shape index (κ3) is 4.57. The number of hydrogen-bond donors (Lipinski definition) is 0. The molecule has 2 nitrogen and oxygen atoms in total. The molecule has 2 aromatic carbocycles. The Morgan fingerprint density at radius 2 is 1.66 bits per heavy atom. The average Bonchev–Trinajstić information content (AvgIpc) is 2.65. The molecule has 1 heterocycles. The summed E-state index contributed by atoms with van der Waals surface area (Å²) in [4.78, 5) is 14.1. The van der Waals surface area contributed by atoms with Crippen molar-refractivity contribution in [1.29, 1.82) is 0 Å². The Bertz CT molecular complexity index is 872. The molecular formula is C21H19F6NO. The van der Waals surface area contributed by atoms with E-state index in [1.807, 2.05) is 12.1 Å². The lowest BCUT2D eigenvalue weighted by atomic mass is 9.87. The molecule has 1 aliphatic rings. The molecule has 1 amide bonds. The predicted molar refractivity (Wildman–Crippen MR) is 95.0 cm³/mol. The van der Waals surface area contributed by atoms with E-state index in [1.54, 1.807) is 12.1 Å². The zero-order valence-electron chi connectivity index (χ0n) is 15.5. The molecule has 0 radical (unpaired) electrons. The smallest absolute Gasteiger partial charge is 0.331 e. The van der Waals surface area contributed by atoms with Crippen molar-refractivity contribution in [2.24, 2.45) is 5.92 Å². The van der Waals surface area contributed by atoms with Gasteiger partial charge in [-0.1, -0.05) is 43.3 Å². The van der Waals surface area contributed by atoms with Gasteiger partial charge in [-0.15, -0.1) is 0 Å². The quantitative estimate of drug-likeness (QED) is 0.583.